The highest BCUT2D eigenvalue weighted by Gasteiger charge is 2.25. The standard InChI is InChI=1S/C15H20N4/c1-12(15(16)13-5-3-2-4-6-13)19-10-9-18-8-7-17-14(18)11-19/h2-8,12,15H,9-11,16H2,1H3. The monoisotopic (exact) mass is 256 g/mol. The van der Waals surface area contributed by atoms with Crippen LogP contribution in [0.15, 0.2) is 42.7 Å². The molecular formula is C15H20N4. The summed E-state index contributed by atoms with van der Waals surface area (Å²) in [7, 11) is 0. The SMILES string of the molecule is CC(C(N)c1ccccc1)N1CCn2ccnc2C1. The maximum Gasteiger partial charge on any atom is 0.122 e. The van der Waals surface area contributed by atoms with Crippen LogP contribution in [-0.2, 0) is 13.1 Å². The second-order valence-corrected chi connectivity index (χ2v) is 5.18. The van der Waals surface area contributed by atoms with E-state index in [1.807, 2.05) is 24.4 Å². The van der Waals surface area contributed by atoms with Gasteiger partial charge in [-0.15, -0.1) is 0 Å². The van der Waals surface area contributed by atoms with E-state index in [-0.39, 0.29) is 6.04 Å². The fraction of sp³-hybridized carbons (Fsp3) is 0.400. The Labute approximate surface area is 113 Å². The van der Waals surface area contributed by atoms with Crippen LogP contribution >= 0.6 is 0 Å². The van der Waals surface area contributed by atoms with E-state index in [2.05, 4.69) is 39.7 Å². The van der Waals surface area contributed by atoms with Gasteiger partial charge in [0.25, 0.3) is 0 Å². The minimum absolute atomic E-state index is 0.0442. The molecule has 0 aliphatic carbocycles. The van der Waals surface area contributed by atoms with E-state index in [1.165, 1.54) is 5.56 Å². The van der Waals surface area contributed by atoms with Gasteiger partial charge in [0.15, 0.2) is 0 Å². The highest BCUT2D eigenvalue weighted by molar-refractivity contribution is 5.20. The Morgan fingerprint density at radius 1 is 1.21 bits per heavy atom. The summed E-state index contributed by atoms with van der Waals surface area (Å²) in [6.45, 7) is 5.12. The molecule has 2 aromatic rings. The molecule has 0 radical (unpaired) electrons. The first-order valence-electron chi connectivity index (χ1n) is 6.80. The molecule has 0 saturated heterocycles. The highest BCUT2D eigenvalue weighted by Crippen LogP contribution is 2.22. The summed E-state index contributed by atoms with van der Waals surface area (Å²) >= 11 is 0. The number of imidazole rings is 1. The number of hydrogen-bond donors (Lipinski definition) is 1. The van der Waals surface area contributed by atoms with Crippen molar-refractivity contribution in [2.24, 2.45) is 5.73 Å². The molecule has 0 spiro atoms. The molecule has 4 heteroatoms. The Hall–Kier alpha value is -1.65. The minimum atomic E-state index is 0.0442. The molecule has 19 heavy (non-hydrogen) atoms. The largest absolute Gasteiger partial charge is 0.333 e. The molecule has 2 unspecified atom stereocenters. The van der Waals surface area contributed by atoms with E-state index in [4.69, 9.17) is 5.73 Å². The minimum Gasteiger partial charge on any atom is -0.333 e. The molecule has 0 saturated carbocycles. The first kappa shape index (κ1) is 12.4. The van der Waals surface area contributed by atoms with E-state index in [0.717, 1.165) is 25.5 Å². The lowest BCUT2D eigenvalue weighted by atomic mass is 10.00. The average molecular weight is 256 g/mol. The van der Waals surface area contributed by atoms with Gasteiger partial charge in [0.2, 0.25) is 0 Å². The highest BCUT2D eigenvalue weighted by atomic mass is 15.3. The first-order chi connectivity index (χ1) is 9.25. The lowest BCUT2D eigenvalue weighted by Gasteiger charge is -2.35. The number of rotatable bonds is 3. The summed E-state index contributed by atoms with van der Waals surface area (Å²) in [5.41, 5.74) is 7.59. The number of aromatic nitrogens is 2. The second-order valence-electron chi connectivity index (χ2n) is 5.18. The third kappa shape index (κ3) is 2.41. The van der Waals surface area contributed by atoms with Gasteiger partial charge in [-0.05, 0) is 12.5 Å². The van der Waals surface area contributed by atoms with Crippen LogP contribution < -0.4 is 5.73 Å². The zero-order valence-corrected chi connectivity index (χ0v) is 11.2. The van der Waals surface area contributed by atoms with Crippen LogP contribution in [-0.4, -0.2) is 27.0 Å². The van der Waals surface area contributed by atoms with Gasteiger partial charge in [-0.2, -0.15) is 0 Å². The summed E-state index contributed by atoms with van der Waals surface area (Å²) in [5, 5.41) is 0. The molecule has 2 atom stereocenters. The van der Waals surface area contributed by atoms with Crippen LogP contribution in [0.25, 0.3) is 0 Å². The van der Waals surface area contributed by atoms with E-state index in [1.54, 1.807) is 0 Å². The first-order valence-corrected chi connectivity index (χ1v) is 6.80. The lowest BCUT2D eigenvalue weighted by Crippen LogP contribution is -2.44. The quantitative estimate of drug-likeness (QED) is 0.910. The third-order valence-electron chi connectivity index (χ3n) is 4.05. The topological polar surface area (TPSA) is 47.1 Å². The molecule has 0 fully saturated rings. The molecule has 0 bridgehead atoms. The van der Waals surface area contributed by atoms with Crippen LogP contribution in [0.4, 0.5) is 0 Å². The number of nitrogens with zero attached hydrogens (tertiary/aromatic N) is 3. The molecule has 4 nitrogen and oxygen atoms in total. The van der Waals surface area contributed by atoms with Crippen molar-refractivity contribution in [3.8, 4) is 0 Å². The van der Waals surface area contributed by atoms with Gasteiger partial charge in [-0.1, -0.05) is 30.3 Å². The maximum atomic E-state index is 6.40. The van der Waals surface area contributed by atoms with Crippen LogP contribution in [0.1, 0.15) is 24.4 Å². The van der Waals surface area contributed by atoms with Crippen molar-refractivity contribution in [2.45, 2.75) is 32.1 Å². The molecule has 2 N–H and O–H groups in total. The molecular weight excluding hydrogens is 236 g/mol. The van der Waals surface area contributed by atoms with E-state index in [9.17, 15) is 0 Å². The molecule has 1 aromatic heterocycles. The maximum absolute atomic E-state index is 6.40. The predicted octanol–water partition coefficient (Wildman–Crippen LogP) is 1.79. The normalized spacial score (nSPS) is 18.8. The van der Waals surface area contributed by atoms with Crippen LogP contribution in [0.5, 0.6) is 0 Å². The van der Waals surface area contributed by atoms with Crippen LogP contribution in [0, 0.1) is 0 Å². The summed E-state index contributed by atoms with van der Waals surface area (Å²) in [6.07, 6.45) is 3.93. The van der Waals surface area contributed by atoms with Crippen molar-refractivity contribution in [1.82, 2.24) is 14.5 Å². The average Bonchev–Trinajstić information content (AvgIpc) is 2.94. The smallest absolute Gasteiger partial charge is 0.122 e. The lowest BCUT2D eigenvalue weighted by molar-refractivity contribution is 0.143. The van der Waals surface area contributed by atoms with Crippen molar-refractivity contribution in [3.63, 3.8) is 0 Å². The van der Waals surface area contributed by atoms with Crippen molar-refractivity contribution >= 4 is 0 Å². The number of fused-ring (bicyclic) bond motifs is 1. The van der Waals surface area contributed by atoms with Crippen molar-refractivity contribution in [3.05, 3.63) is 54.1 Å². The molecule has 3 rings (SSSR count). The van der Waals surface area contributed by atoms with Gasteiger partial charge in [-0.25, -0.2) is 4.98 Å². The fourth-order valence-electron chi connectivity index (χ4n) is 2.72. The molecule has 1 aliphatic heterocycles. The molecule has 0 amide bonds. The Balaban J connectivity index is 1.73. The van der Waals surface area contributed by atoms with Crippen molar-refractivity contribution in [2.75, 3.05) is 6.54 Å². The number of hydrogen-bond acceptors (Lipinski definition) is 3. The van der Waals surface area contributed by atoms with Gasteiger partial charge in [-0.3, -0.25) is 4.90 Å². The van der Waals surface area contributed by atoms with E-state index in [0.29, 0.717) is 6.04 Å². The number of nitrogens with two attached hydrogens (primary N) is 1. The van der Waals surface area contributed by atoms with Gasteiger partial charge in [0.05, 0.1) is 6.54 Å². The van der Waals surface area contributed by atoms with Crippen molar-refractivity contribution < 1.29 is 0 Å². The fourth-order valence-corrected chi connectivity index (χ4v) is 2.72. The second kappa shape index (κ2) is 5.15. The Bertz CT molecular complexity index is 534. The zero-order valence-electron chi connectivity index (χ0n) is 11.2. The van der Waals surface area contributed by atoms with E-state index >= 15 is 0 Å². The van der Waals surface area contributed by atoms with Crippen LogP contribution in [0.2, 0.25) is 0 Å². The van der Waals surface area contributed by atoms with Gasteiger partial charge in [0.1, 0.15) is 5.82 Å². The Morgan fingerprint density at radius 2 is 2.00 bits per heavy atom. The molecule has 1 aliphatic rings. The molecule has 100 valence electrons. The Kier molecular flexibility index (Phi) is 3.36. The van der Waals surface area contributed by atoms with Gasteiger partial charge >= 0.3 is 0 Å². The summed E-state index contributed by atoms with van der Waals surface area (Å²) in [5.74, 6) is 1.14. The zero-order chi connectivity index (χ0) is 13.2. The van der Waals surface area contributed by atoms with E-state index < -0.39 is 0 Å². The van der Waals surface area contributed by atoms with Crippen molar-refractivity contribution in [1.29, 1.82) is 0 Å². The van der Waals surface area contributed by atoms with Gasteiger partial charge < -0.3 is 10.3 Å². The summed E-state index contributed by atoms with van der Waals surface area (Å²) in [6, 6.07) is 10.7. The third-order valence-corrected chi connectivity index (χ3v) is 4.05. The molecule has 2 heterocycles. The van der Waals surface area contributed by atoms with Gasteiger partial charge in [0, 0.05) is 37.6 Å². The summed E-state index contributed by atoms with van der Waals surface area (Å²) < 4.78 is 2.22. The van der Waals surface area contributed by atoms with Crippen LogP contribution in [0.3, 0.4) is 0 Å². The Morgan fingerprint density at radius 3 is 2.79 bits per heavy atom. The molecule has 1 aromatic carbocycles. The summed E-state index contributed by atoms with van der Waals surface area (Å²) in [4.78, 5) is 6.82. The number of benzene rings is 1. The predicted molar refractivity (Wildman–Crippen MR) is 75.5 cm³/mol.